The first-order chi connectivity index (χ1) is 7.68. The smallest absolute Gasteiger partial charge is 0.133 e. The molecule has 0 bridgehead atoms. The Morgan fingerprint density at radius 1 is 1.12 bits per heavy atom. The molecule has 2 nitrogen and oxygen atoms in total. The Kier molecular flexibility index (Phi) is 2.91. The van der Waals surface area contributed by atoms with Crippen molar-refractivity contribution in [1.29, 1.82) is 0 Å². The van der Waals surface area contributed by atoms with Gasteiger partial charge in [0.25, 0.3) is 0 Å². The molecule has 1 aromatic heterocycles. The molecule has 1 radical (unpaired) electrons. The quantitative estimate of drug-likeness (QED) is 0.820. The van der Waals surface area contributed by atoms with E-state index >= 15 is 0 Å². The average Bonchev–Trinajstić information content (AvgIpc) is 2.28. The molecule has 1 heterocycles. The molecule has 0 atom stereocenters. The maximum absolute atomic E-state index is 4.34. The summed E-state index contributed by atoms with van der Waals surface area (Å²) in [5.74, 6) is 0.899. The van der Waals surface area contributed by atoms with E-state index in [0.29, 0.717) is 0 Å². The van der Waals surface area contributed by atoms with Gasteiger partial charge in [0.1, 0.15) is 5.82 Å². The van der Waals surface area contributed by atoms with Crippen molar-refractivity contribution in [2.75, 3.05) is 5.32 Å². The first-order valence-corrected chi connectivity index (χ1v) is 5.28. The van der Waals surface area contributed by atoms with Crippen LogP contribution in [0.5, 0.6) is 0 Å². The van der Waals surface area contributed by atoms with Gasteiger partial charge in [0, 0.05) is 11.9 Å². The van der Waals surface area contributed by atoms with Gasteiger partial charge in [-0.2, -0.15) is 0 Å². The third kappa shape index (κ3) is 2.06. The van der Waals surface area contributed by atoms with Crippen molar-refractivity contribution < 1.29 is 0 Å². The largest absolute Gasteiger partial charge is 0.340 e. The second kappa shape index (κ2) is 4.35. The zero-order valence-corrected chi connectivity index (χ0v) is 9.62. The van der Waals surface area contributed by atoms with Crippen LogP contribution in [0.1, 0.15) is 16.7 Å². The number of nitrogens with one attached hydrogen (secondary N) is 1. The maximum atomic E-state index is 4.34. The summed E-state index contributed by atoms with van der Waals surface area (Å²) in [6, 6.07) is 9.96. The number of para-hydroxylation sites is 1. The summed E-state index contributed by atoms with van der Waals surface area (Å²) in [6.07, 6.45) is 1.82. The molecule has 81 valence electrons. The Morgan fingerprint density at radius 2 is 1.88 bits per heavy atom. The summed E-state index contributed by atoms with van der Waals surface area (Å²) in [4.78, 5) is 4.34. The van der Waals surface area contributed by atoms with Gasteiger partial charge in [-0.3, -0.25) is 0 Å². The lowest BCUT2D eigenvalue weighted by Gasteiger charge is -2.11. The highest BCUT2D eigenvalue weighted by atomic mass is 15.0. The van der Waals surface area contributed by atoms with E-state index in [1.165, 1.54) is 11.1 Å². The van der Waals surface area contributed by atoms with Gasteiger partial charge >= 0.3 is 0 Å². The van der Waals surface area contributed by atoms with Gasteiger partial charge in [0.2, 0.25) is 0 Å². The summed E-state index contributed by atoms with van der Waals surface area (Å²) in [5.41, 5.74) is 4.39. The fraction of sp³-hybridized carbons (Fsp3) is 0.143. The van der Waals surface area contributed by atoms with Gasteiger partial charge in [-0.15, -0.1) is 0 Å². The van der Waals surface area contributed by atoms with Crippen molar-refractivity contribution >= 4 is 11.5 Å². The van der Waals surface area contributed by atoms with E-state index in [0.717, 1.165) is 17.1 Å². The van der Waals surface area contributed by atoms with Crippen LogP contribution in [0.25, 0.3) is 0 Å². The Labute approximate surface area is 96.4 Å². The van der Waals surface area contributed by atoms with Crippen LogP contribution in [0.3, 0.4) is 0 Å². The van der Waals surface area contributed by atoms with Crippen LogP contribution < -0.4 is 5.32 Å². The monoisotopic (exact) mass is 211 g/mol. The molecule has 0 aliphatic heterocycles. The molecule has 1 aromatic carbocycles. The zero-order valence-electron chi connectivity index (χ0n) is 9.62. The molecular weight excluding hydrogens is 196 g/mol. The van der Waals surface area contributed by atoms with Crippen molar-refractivity contribution in [2.24, 2.45) is 0 Å². The number of hydrogen-bond acceptors (Lipinski definition) is 2. The van der Waals surface area contributed by atoms with Crippen LogP contribution >= 0.6 is 0 Å². The number of anilines is 2. The van der Waals surface area contributed by atoms with Crippen molar-refractivity contribution in [3.05, 3.63) is 60.1 Å². The molecule has 0 unspecified atom stereocenters. The van der Waals surface area contributed by atoms with Crippen molar-refractivity contribution in [2.45, 2.75) is 13.8 Å². The SMILES string of the molecule is [CH2]c1ccccc1Nc1nccc(C)c1C. The fourth-order valence-electron chi connectivity index (χ4n) is 1.53. The lowest BCUT2D eigenvalue weighted by molar-refractivity contribution is 1.21. The Bertz CT molecular complexity index is 504. The Balaban J connectivity index is 2.35. The van der Waals surface area contributed by atoms with E-state index in [9.17, 15) is 0 Å². The van der Waals surface area contributed by atoms with Crippen LogP contribution in [0.15, 0.2) is 36.5 Å². The topological polar surface area (TPSA) is 24.9 Å². The number of aromatic nitrogens is 1. The number of pyridine rings is 1. The third-order valence-electron chi connectivity index (χ3n) is 2.75. The van der Waals surface area contributed by atoms with Crippen LogP contribution in [0, 0.1) is 20.8 Å². The molecule has 0 aliphatic carbocycles. The Hall–Kier alpha value is -1.83. The lowest BCUT2D eigenvalue weighted by atomic mass is 10.1. The van der Waals surface area contributed by atoms with Crippen molar-refractivity contribution in [3.8, 4) is 0 Å². The fourth-order valence-corrected chi connectivity index (χ4v) is 1.53. The van der Waals surface area contributed by atoms with Gasteiger partial charge in [0.15, 0.2) is 0 Å². The predicted molar refractivity (Wildman–Crippen MR) is 67.9 cm³/mol. The highest BCUT2D eigenvalue weighted by molar-refractivity contribution is 5.64. The summed E-state index contributed by atoms with van der Waals surface area (Å²) < 4.78 is 0. The van der Waals surface area contributed by atoms with Gasteiger partial charge in [-0.05, 0) is 49.6 Å². The summed E-state index contributed by atoms with van der Waals surface area (Å²) in [7, 11) is 0. The molecule has 1 N–H and O–H groups in total. The normalized spacial score (nSPS) is 10.2. The molecule has 0 spiro atoms. The Morgan fingerprint density at radius 3 is 2.62 bits per heavy atom. The molecule has 2 heteroatoms. The first kappa shape index (κ1) is 10.7. The average molecular weight is 211 g/mol. The van der Waals surface area contributed by atoms with E-state index in [-0.39, 0.29) is 0 Å². The van der Waals surface area contributed by atoms with Crippen molar-refractivity contribution in [1.82, 2.24) is 4.98 Å². The number of hydrogen-bond donors (Lipinski definition) is 1. The number of aryl methyl sites for hydroxylation is 1. The molecular formula is C14H15N2. The highest BCUT2D eigenvalue weighted by Gasteiger charge is 2.03. The van der Waals surface area contributed by atoms with E-state index in [1.54, 1.807) is 0 Å². The van der Waals surface area contributed by atoms with Crippen LogP contribution in [0.2, 0.25) is 0 Å². The molecule has 0 saturated carbocycles. The molecule has 0 amide bonds. The number of benzene rings is 1. The van der Waals surface area contributed by atoms with Gasteiger partial charge in [0.05, 0.1) is 0 Å². The zero-order chi connectivity index (χ0) is 11.5. The standard InChI is InChI=1S/C14H15N2/c1-10-8-9-15-14(12(10)3)16-13-7-5-4-6-11(13)2/h4-9H,2H2,1,3H3,(H,15,16). The molecule has 16 heavy (non-hydrogen) atoms. The first-order valence-electron chi connectivity index (χ1n) is 5.28. The minimum absolute atomic E-state index is 0.899. The molecule has 0 fully saturated rings. The number of nitrogens with zero attached hydrogens (tertiary/aromatic N) is 1. The van der Waals surface area contributed by atoms with Gasteiger partial charge < -0.3 is 5.32 Å². The predicted octanol–water partition coefficient (Wildman–Crippen LogP) is 3.62. The summed E-state index contributed by atoms with van der Waals surface area (Å²) >= 11 is 0. The highest BCUT2D eigenvalue weighted by Crippen LogP contribution is 2.22. The van der Waals surface area contributed by atoms with E-state index < -0.39 is 0 Å². The van der Waals surface area contributed by atoms with Crippen LogP contribution in [-0.4, -0.2) is 4.98 Å². The van der Waals surface area contributed by atoms with E-state index in [1.807, 2.05) is 36.5 Å². The van der Waals surface area contributed by atoms with Gasteiger partial charge in [-0.25, -0.2) is 4.98 Å². The van der Waals surface area contributed by atoms with Crippen LogP contribution in [0.4, 0.5) is 11.5 Å². The molecule has 2 aromatic rings. The lowest BCUT2D eigenvalue weighted by Crippen LogP contribution is -1.99. The second-order valence-electron chi connectivity index (χ2n) is 3.88. The second-order valence-corrected chi connectivity index (χ2v) is 3.88. The number of rotatable bonds is 2. The van der Waals surface area contributed by atoms with Gasteiger partial charge in [-0.1, -0.05) is 18.2 Å². The molecule has 0 saturated heterocycles. The van der Waals surface area contributed by atoms with E-state index in [2.05, 4.69) is 31.1 Å². The molecule has 2 rings (SSSR count). The van der Waals surface area contributed by atoms with E-state index in [4.69, 9.17) is 0 Å². The maximum Gasteiger partial charge on any atom is 0.133 e. The molecule has 0 aliphatic rings. The minimum Gasteiger partial charge on any atom is -0.340 e. The van der Waals surface area contributed by atoms with Crippen molar-refractivity contribution in [3.63, 3.8) is 0 Å². The summed E-state index contributed by atoms with van der Waals surface area (Å²) in [5, 5.41) is 3.31. The minimum atomic E-state index is 0.899. The third-order valence-corrected chi connectivity index (χ3v) is 2.75. The summed E-state index contributed by atoms with van der Waals surface area (Å²) in [6.45, 7) is 8.13. The van der Waals surface area contributed by atoms with Crippen LogP contribution in [-0.2, 0) is 0 Å².